The molecule has 29 heavy (non-hydrogen) atoms. The van der Waals surface area contributed by atoms with Gasteiger partial charge in [0.1, 0.15) is 0 Å². The maximum atomic E-state index is 11.2. The molecule has 3 heterocycles. The second kappa shape index (κ2) is 8.54. The summed E-state index contributed by atoms with van der Waals surface area (Å²) in [7, 11) is 0. The van der Waals surface area contributed by atoms with E-state index >= 15 is 0 Å². The molecule has 0 radical (unpaired) electrons. The number of anilines is 1. The minimum atomic E-state index is -0.308. The van der Waals surface area contributed by atoms with Gasteiger partial charge in [0.05, 0.1) is 29.6 Å². The number of hydrogen-bond acceptors (Lipinski definition) is 8. The first-order valence-electron chi connectivity index (χ1n) is 9.40. The minimum absolute atomic E-state index is 0.308. The summed E-state index contributed by atoms with van der Waals surface area (Å²) >= 11 is 1.62. The first-order valence-corrected chi connectivity index (χ1v) is 10.2. The highest BCUT2D eigenvalue weighted by Gasteiger charge is 2.21. The number of carbonyl (C=O) groups excluding carboxylic acids is 1. The van der Waals surface area contributed by atoms with Gasteiger partial charge in [-0.3, -0.25) is 4.79 Å². The Balaban J connectivity index is 1.84. The van der Waals surface area contributed by atoms with E-state index in [1.54, 1.807) is 17.6 Å². The number of fused-ring (bicyclic) bond motifs is 1. The molecule has 0 unspecified atom stereocenters. The van der Waals surface area contributed by atoms with Gasteiger partial charge in [-0.15, -0.1) is 11.3 Å². The van der Waals surface area contributed by atoms with Crippen molar-refractivity contribution in [2.45, 2.75) is 12.8 Å². The van der Waals surface area contributed by atoms with Crippen molar-refractivity contribution in [3.63, 3.8) is 0 Å². The lowest BCUT2D eigenvalue weighted by Crippen LogP contribution is -2.36. The second-order valence-electron chi connectivity index (χ2n) is 6.73. The number of primary amides is 1. The fraction of sp³-hybridized carbons (Fsp3) is 0.300. The molecule has 1 aromatic carbocycles. The van der Waals surface area contributed by atoms with Gasteiger partial charge in [-0.05, 0) is 12.5 Å². The molecule has 1 amide bonds. The smallest absolute Gasteiger partial charge is 0.217 e. The third kappa shape index (κ3) is 4.20. The predicted molar refractivity (Wildman–Crippen MR) is 115 cm³/mol. The van der Waals surface area contributed by atoms with Crippen molar-refractivity contribution in [2.24, 2.45) is 16.7 Å². The van der Waals surface area contributed by atoms with Gasteiger partial charge in [-0.1, -0.05) is 24.3 Å². The Labute approximate surface area is 172 Å². The molecule has 150 valence electrons. The summed E-state index contributed by atoms with van der Waals surface area (Å²) in [6, 6.07) is 9.78. The molecule has 3 aromatic rings. The SMILES string of the molecule is N/N=C\c1ccccc1-c1nc(N2CCOCC2)c2sc(CCC(N)=O)cc2n1. The maximum absolute atomic E-state index is 11.2. The average Bonchev–Trinajstić information content (AvgIpc) is 3.16. The van der Waals surface area contributed by atoms with Gasteiger partial charge in [-0.25, -0.2) is 9.97 Å². The molecule has 0 atom stereocenters. The van der Waals surface area contributed by atoms with Gasteiger partial charge in [0.25, 0.3) is 0 Å². The van der Waals surface area contributed by atoms with Gasteiger partial charge in [-0.2, -0.15) is 5.10 Å². The van der Waals surface area contributed by atoms with Crippen LogP contribution in [0.15, 0.2) is 35.4 Å². The van der Waals surface area contributed by atoms with Gasteiger partial charge in [0.2, 0.25) is 5.91 Å². The van der Waals surface area contributed by atoms with Crippen molar-refractivity contribution >= 4 is 39.5 Å². The number of aryl methyl sites for hydroxylation is 1. The molecule has 8 nitrogen and oxygen atoms in total. The van der Waals surface area contributed by atoms with Gasteiger partial charge >= 0.3 is 0 Å². The van der Waals surface area contributed by atoms with E-state index in [4.69, 9.17) is 26.3 Å². The summed E-state index contributed by atoms with van der Waals surface area (Å²) in [6.07, 6.45) is 2.52. The second-order valence-corrected chi connectivity index (χ2v) is 7.87. The Kier molecular flexibility index (Phi) is 5.68. The van der Waals surface area contributed by atoms with Crippen molar-refractivity contribution in [3.05, 3.63) is 40.8 Å². The summed E-state index contributed by atoms with van der Waals surface area (Å²) in [6.45, 7) is 2.87. The molecular weight excluding hydrogens is 388 g/mol. The van der Waals surface area contributed by atoms with Crippen molar-refractivity contribution in [2.75, 3.05) is 31.2 Å². The van der Waals surface area contributed by atoms with Gasteiger partial charge in [0, 0.05) is 35.5 Å². The number of hydrogen-bond donors (Lipinski definition) is 2. The highest BCUT2D eigenvalue weighted by molar-refractivity contribution is 7.19. The fourth-order valence-electron chi connectivity index (χ4n) is 3.34. The normalized spacial score (nSPS) is 14.7. The number of nitrogens with two attached hydrogens (primary N) is 2. The molecule has 9 heteroatoms. The quantitative estimate of drug-likeness (QED) is 0.364. The van der Waals surface area contributed by atoms with Crippen LogP contribution in [0.4, 0.5) is 5.82 Å². The summed E-state index contributed by atoms with van der Waals surface area (Å²) < 4.78 is 6.52. The molecule has 4 rings (SSSR count). The predicted octanol–water partition coefficient (Wildman–Crippen LogP) is 1.91. The van der Waals surface area contributed by atoms with Crippen LogP contribution in [0.3, 0.4) is 0 Å². The molecule has 0 spiro atoms. The number of ether oxygens (including phenoxy) is 1. The molecule has 4 N–H and O–H groups in total. The van der Waals surface area contributed by atoms with Crippen LogP contribution in [0.25, 0.3) is 21.6 Å². The van der Waals surface area contributed by atoms with E-state index in [2.05, 4.69) is 10.0 Å². The van der Waals surface area contributed by atoms with Crippen LogP contribution >= 0.6 is 11.3 Å². The lowest BCUT2D eigenvalue weighted by atomic mass is 10.1. The highest BCUT2D eigenvalue weighted by Crippen LogP contribution is 2.35. The largest absolute Gasteiger partial charge is 0.378 e. The van der Waals surface area contributed by atoms with Crippen LogP contribution in [-0.4, -0.2) is 48.4 Å². The summed E-state index contributed by atoms with van der Waals surface area (Å²) in [5.41, 5.74) is 7.90. The van der Waals surface area contributed by atoms with E-state index < -0.39 is 0 Å². The van der Waals surface area contributed by atoms with E-state index in [1.165, 1.54) is 0 Å². The van der Waals surface area contributed by atoms with Crippen LogP contribution < -0.4 is 16.5 Å². The van der Waals surface area contributed by atoms with Crippen LogP contribution in [0, 0.1) is 0 Å². The van der Waals surface area contributed by atoms with Crippen LogP contribution in [0.5, 0.6) is 0 Å². The lowest BCUT2D eigenvalue weighted by Gasteiger charge is -2.28. The summed E-state index contributed by atoms with van der Waals surface area (Å²) in [4.78, 5) is 24.2. The van der Waals surface area contributed by atoms with E-state index in [0.29, 0.717) is 31.9 Å². The van der Waals surface area contributed by atoms with E-state index in [9.17, 15) is 4.79 Å². The van der Waals surface area contributed by atoms with E-state index in [0.717, 1.165) is 45.1 Å². The zero-order valence-corrected chi connectivity index (χ0v) is 16.7. The molecular formula is C20H22N6O2S. The number of benzene rings is 1. The lowest BCUT2D eigenvalue weighted by molar-refractivity contribution is -0.117. The van der Waals surface area contributed by atoms with Crippen molar-refractivity contribution in [1.29, 1.82) is 0 Å². The van der Waals surface area contributed by atoms with E-state index in [1.807, 2.05) is 30.3 Å². The standard InChI is InChI=1S/C20H22N6O2S/c21-17(27)6-5-14-11-16-18(29-14)20(26-7-9-28-10-8-26)25-19(24-16)15-4-2-1-3-13(15)12-23-22/h1-4,11-12H,5-10,22H2,(H2,21,27)/b23-12-. The fourth-order valence-corrected chi connectivity index (χ4v) is 4.45. The van der Waals surface area contributed by atoms with Crippen molar-refractivity contribution < 1.29 is 9.53 Å². The first kappa shape index (κ1) is 19.3. The topological polar surface area (TPSA) is 120 Å². The van der Waals surface area contributed by atoms with Crippen molar-refractivity contribution in [1.82, 2.24) is 9.97 Å². The third-order valence-corrected chi connectivity index (χ3v) is 5.93. The highest BCUT2D eigenvalue weighted by atomic mass is 32.1. The summed E-state index contributed by atoms with van der Waals surface area (Å²) in [5.74, 6) is 6.58. The molecule has 0 saturated carbocycles. The van der Waals surface area contributed by atoms with Crippen molar-refractivity contribution in [3.8, 4) is 11.4 Å². The molecule has 1 fully saturated rings. The number of rotatable bonds is 6. The Bertz CT molecular complexity index is 1060. The Morgan fingerprint density at radius 1 is 1.28 bits per heavy atom. The molecule has 0 bridgehead atoms. The Morgan fingerprint density at radius 2 is 2.07 bits per heavy atom. The average molecular weight is 411 g/mol. The summed E-state index contributed by atoms with van der Waals surface area (Å²) in [5, 5.41) is 3.66. The molecule has 1 saturated heterocycles. The molecule has 1 aliphatic rings. The number of morpholine rings is 1. The molecule has 0 aliphatic carbocycles. The number of nitrogens with zero attached hydrogens (tertiary/aromatic N) is 4. The minimum Gasteiger partial charge on any atom is -0.378 e. The van der Waals surface area contributed by atoms with Crippen LogP contribution in [0.2, 0.25) is 0 Å². The zero-order chi connectivity index (χ0) is 20.2. The van der Waals surface area contributed by atoms with Gasteiger partial charge in [0.15, 0.2) is 11.6 Å². The maximum Gasteiger partial charge on any atom is 0.217 e. The molecule has 2 aromatic heterocycles. The van der Waals surface area contributed by atoms with Crippen LogP contribution in [0.1, 0.15) is 16.9 Å². The Hall–Kier alpha value is -3.04. The van der Waals surface area contributed by atoms with E-state index in [-0.39, 0.29) is 5.91 Å². The monoisotopic (exact) mass is 410 g/mol. The number of aromatic nitrogens is 2. The first-order chi connectivity index (χ1) is 14.2. The van der Waals surface area contributed by atoms with Gasteiger partial charge < -0.3 is 21.2 Å². The third-order valence-electron chi connectivity index (χ3n) is 4.75. The number of thiophene rings is 1. The number of hydrazone groups is 1. The zero-order valence-electron chi connectivity index (χ0n) is 15.9. The number of amides is 1. The Morgan fingerprint density at radius 3 is 2.83 bits per heavy atom. The molecule has 1 aliphatic heterocycles. The van der Waals surface area contributed by atoms with Crippen LogP contribution in [-0.2, 0) is 16.0 Å². The number of carbonyl (C=O) groups is 1.